The number of carbonyl (C=O) groups is 2. The van der Waals surface area contributed by atoms with Gasteiger partial charge in [0.25, 0.3) is 0 Å². The smallest absolute Gasteiger partial charge is 0.348 e. The fourth-order valence-corrected chi connectivity index (χ4v) is 2.44. The summed E-state index contributed by atoms with van der Waals surface area (Å²) >= 11 is 0. The molecule has 2 aromatic rings. The number of aromatic hydroxyl groups is 4. The Hall–Kier alpha value is -3.68. The second-order valence-electron chi connectivity index (χ2n) is 7.57. The van der Waals surface area contributed by atoms with Crippen molar-refractivity contribution in [2.75, 3.05) is 0 Å². The van der Waals surface area contributed by atoms with Crippen LogP contribution in [0.1, 0.15) is 31.9 Å². The molecule has 30 heavy (non-hydrogen) atoms. The van der Waals surface area contributed by atoms with E-state index in [9.17, 15) is 30.0 Å². The van der Waals surface area contributed by atoms with Crippen LogP contribution in [-0.4, -0.2) is 44.1 Å². The average molecular weight is 416 g/mol. The van der Waals surface area contributed by atoms with Crippen LogP contribution < -0.4 is 0 Å². The Morgan fingerprint density at radius 3 is 2.10 bits per heavy atom. The van der Waals surface area contributed by atoms with Crippen molar-refractivity contribution < 1.29 is 39.5 Å². The lowest BCUT2D eigenvalue weighted by Gasteiger charge is -2.23. The summed E-state index contributed by atoms with van der Waals surface area (Å²) in [6, 6.07) is 8.00. The first-order valence-electron chi connectivity index (χ1n) is 9.09. The first-order chi connectivity index (χ1) is 13.9. The highest BCUT2D eigenvalue weighted by Crippen LogP contribution is 2.27. The first-order valence-corrected chi connectivity index (χ1v) is 9.09. The average Bonchev–Trinajstić information content (AvgIpc) is 2.63. The van der Waals surface area contributed by atoms with Crippen LogP contribution in [0.5, 0.6) is 23.0 Å². The highest BCUT2D eigenvalue weighted by Gasteiger charge is 2.28. The minimum atomic E-state index is -1.29. The number of hydrogen-bond acceptors (Lipinski definition) is 8. The van der Waals surface area contributed by atoms with E-state index in [2.05, 4.69) is 0 Å². The molecule has 0 saturated heterocycles. The third kappa shape index (κ3) is 6.73. The third-order valence-electron chi connectivity index (χ3n) is 3.80. The van der Waals surface area contributed by atoms with Crippen LogP contribution in [0, 0.1) is 0 Å². The molecule has 0 aliphatic carbocycles. The second-order valence-corrected chi connectivity index (χ2v) is 7.57. The topological polar surface area (TPSA) is 134 Å². The molecule has 8 nitrogen and oxygen atoms in total. The molecule has 0 unspecified atom stereocenters. The molecule has 0 amide bonds. The van der Waals surface area contributed by atoms with E-state index in [4.69, 9.17) is 9.47 Å². The van der Waals surface area contributed by atoms with Gasteiger partial charge < -0.3 is 29.9 Å². The lowest BCUT2D eigenvalue weighted by Crippen LogP contribution is -2.36. The Kier molecular flexibility index (Phi) is 6.94. The maximum absolute atomic E-state index is 12.5. The van der Waals surface area contributed by atoms with E-state index in [0.29, 0.717) is 11.1 Å². The quantitative estimate of drug-likeness (QED) is 0.321. The number of phenols is 4. The number of benzene rings is 2. The van der Waals surface area contributed by atoms with E-state index >= 15 is 0 Å². The summed E-state index contributed by atoms with van der Waals surface area (Å²) in [5.74, 6) is -2.92. The van der Waals surface area contributed by atoms with Gasteiger partial charge in [0.15, 0.2) is 23.0 Å². The lowest BCUT2D eigenvalue weighted by molar-refractivity contribution is -0.173. The van der Waals surface area contributed by atoms with E-state index < -0.39 is 23.6 Å². The maximum Gasteiger partial charge on any atom is 0.348 e. The summed E-state index contributed by atoms with van der Waals surface area (Å²) in [6.45, 7) is 5.02. The van der Waals surface area contributed by atoms with Gasteiger partial charge >= 0.3 is 11.9 Å². The van der Waals surface area contributed by atoms with Gasteiger partial charge in [0.2, 0.25) is 6.10 Å². The number of hydrogen-bond donors (Lipinski definition) is 4. The van der Waals surface area contributed by atoms with E-state index in [0.717, 1.165) is 6.08 Å². The summed E-state index contributed by atoms with van der Waals surface area (Å²) in [6.07, 6.45) is 1.04. The van der Waals surface area contributed by atoms with Gasteiger partial charge in [0.05, 0.1) is 0 Å². The molecular formula is C22H24O8. The van der Waals surface area contributed by atoms with Crippen LogP contribution >= 0.6 is 0 Å². The summed E-state index contributed by atoms with van der Waals surface area (Å²) in [5, 5.41) is 37.9. The van der Waals surface area contributed by atoms with Gasteiger partial charge in [-0.25, -0.2) is 9.59 Å². The summed E-state index contributed by atoms with van der Waals surface area (Å²) < 4.78 is 10.6. The molecule has 0 bridgehead atoms. The molecule has 0 saturated carbocycles. The second kappa shape index (κ2) is 9.21. The molecule has 0 aliphatic heterocycles. The minimum Gasteiger partial charge on any atom is -0.504 e. The first kappa shape index (κ1) is 22.6. The van der Waals surface area contributed by atoms with Gasteiger partial charge in [0, 0.05) is 12.5 Å². The number of ether oxygens (including phenoxy) is 2. The van der Waals surface area contributed by atoms with Gasteiger partial charge in [-0.15, -0.1) is 0 Å². The Morgan fingerprint density at radius 2 is 1.53 bits per heavy atom. The Labute approximate surface area is 173 Å². The van der Waals surface area contributed by atoms with Crippen LogP contribution in [0.2, 0.25) is 0 Å². The van der Waals surface area contributed by atoms with Crippen LogP contribution in [0.15, 0.2) is 42.5 Å². The molecule has 0 radical (unpaired) electrons. The molecule has 2 aromatic carbocycles. The molecule has 0 fully saturated rings. The SMILES string of the molecule is CC(C)(C)OC(=O)[C@@H](Cc1ccc(O)c(O)c1)OC(=O)/C=C/c1ccc(O)c(O)c1. The molecule has 2 rings (SSSR count). The summed E-state index contributed by atoms with van der Waals surface area (Å²) in [4.78, 5) is 24.8. The fraction of sp³-hybridized carbons (Fsp3) is 0.273. The van der Waals surface area contributed by atoms with Crippen molar-refractivity contribution in [2.45, 2.75) is 38.9 Å². The lowest BCUT2D eigenvalue weighted by atomic mass is 10.1. The van der Waals surface area contributed by atoms with Crippen LogP contribution in [0.3, 0.4) is 0 Å². The van der Waals surface area contributed by atoms with Crippen molar-refractivity contribution in [3.63, 3.8) is 0 Å². The maximum atomic E-state index is 12.5. The van der Waals surface area contributed by atoms with Crippen LogP contribution in [0.25, 0.3) is 6.08 Å². The number of carbonyl (C=O) groups excluding carboxylic acids is 2. The highest BCUT2D eigenvalue weighted by atomic mass is 16.6. The predicted octanol–water partition coefficient (Wildman–Crippen LogP) is 3.02. The van der Waals surface area contributed by atoms with Crippen molar-refractivity contribution in [1.82, 2.24) is 0 Å². The fourth-order valence-electron chi connectivity index (χ4n) is 2.44. The molecule has 4 N–H and O–H groups in total. The van der Waals surface area contributed by atoms with E-state index in [1.165, 1.54) is 42.5 Å². The zero-order chi connectivity index (χ0) is 22.5. The summed E-state index contributed by atoms with van der Waals surface area (Å²) in [7, 11) is 0. The van der Waals surface area contributed by atoms with Crippen molar-refractivity contribution in [3.8, 4) is 23.0 Å². The van der Waals surface area contributed by atoms with Gasteiger partial charge in [0.1, 0.15) is 5.60 Å². The molecule has 1 atom stereocenters. The largest absolute Gasteiger partial charge is 0.504 e. The Bertz CT molecular complexity index is 956. The van der Waals surface area contributed by atoms with Gasteiger partial charge in [-0.2, -0.15) is 0 Å². The molecule has 160 valence electrons. The van der Waals surface area contributed by atoms with Gasteiger partial charge in [-0.1, -0.05) is 12.1 Å². The van der Waals surface area contributed by atoms with Crippen molar-refractivity contribution in [2.24, 2.45) is 0 Å². The van der Waals surface area contributed by atoms with Crippen LogP contribution in [0.4, 0.5) is 0 Å². The monoisotopic (exact) mass is 416 g/mol. The number of phenolic OH excluding ortho intramolecular Hbond substituents is 4. The van der Waals surface area contributed by atoms with Crippen molar-refractivity contribution in [1.29, 1.82) is 0 Å². The van der Waals surface area contributed by atoms with E-state index in [-0.39, 0.29) is 29.4 Å². The molecule has 0 aromatic heterocycles. The highest BCUT2D eigenvalue weighted by molar-refractivity contribution is 5.89. The standard InChI is InChI=1S/C22H24O8/c1-22(2,3)30-21(28)19(12-14-5-8-16(24)18(26)11-14)29-20(27)9-6-13-4-7-15(23)17(25)10-13/h4-11,19,23-26H,12H2,1-3H3/b9-6+/t19-/m1/s1. The van der Waals surface area contributed by atoms with E-state index in [1.54, 1.807) is 20.8 Å². The van der Waals surface area contributed by atoms with E-state index in [1.807, 2.05) is 0 Å². The third-order valence-corrected chi connectivity index (χ3v) is 3.80. The normalized spacial score (nSPS) is 12.5. The molecule has 0 aliphatic rings. The molecule has 8 heteroatoms. The molecule has 0 spiro atoms. The van der Waals surface area contributed by atoms with Crippen molar-refractivity contribution >= 4 is 18.0 Å². The zero-order valence-electron chi connectivity index (χ0n) is 16.8. The number of rotatable bonds is 6. The molecule has 0 heterocycles. The predicted molar refractivity (Wildman–Crippen MR) is 108 cm³/mol. The summed E-state index contributed by atoms with van der Waals surface area (Å²) in [5.41, 5.74) is 0.0686. The van der Waals surface area contributed by atoms with Gasteiger partial charge in [-0.05, 0) is 62.2 Å². The van der Waals surface area contributed by atoms with Crippen molar-refractivity contribution in [3.05, 3.63) is 53.6 Å². The van der Waals surface area contributed by atoms with Gasteiger partial charge in [-0.3, -0.25) is 0 Å². The minimum absolute atomic E-state index is 0.0810. The molecular weight excluding hydrogens is 392 g/mol. The zero-order valence-corrected chi connectivity index (χ0v) is 16.8. The Balaban J connectivity index is 2.17. The Morgan fingerprint density at radius 1 is 0.933 bits per heavy atom. The number of esters is 2. The van der Waals surface area contributed by atoms with Crippen LogP contribution in [-0.2, 0) is 25.5 Å².